The summed E-state index contributed by atoms with van der Waals surface area (Å²) in [4.78, 5) is 28.4. The van der Waals surface area contributed by atoms with Crippen molar-refractivity contribution in [3.05, 3.63) is 82.3 Å². The van der Waals surface area contributed by atoms with E-state index in [1.54, 1.807) is 43.1 Å². The average molecular weight is 430 g/mol. The van der Waals surface area contributed by atoms with Crippen molar-refractivity contribution in [1.29, 1.82) is 0 Å². The number of aryl methyl sites for hydroxylation is 1. The summed E-state index contributed by atoms with van der Waals surface area (Å²) < 4.78 is 27.4. The fourth-order valence-corrected chi connectivity index (χ4v) is 3.35. The highest BCUT2D eigenvalue weighted by Gasteiger charge is 2.25. The second-order valence-corrected chi connectivity index (χ2v) is 7.83. The molecule has 0 aliphatic heterocycles. The summed E-state index contributed by atoms with van der Waals surface area (Å²) in [6.07, 6.45) is 1.32. The molecular formula is C24H29F2N3O2. The van der Waals surface area contributed by atoms with Gasteiger partial charge in [0, 0.05) is 46.7 Å². The van der Waals surface area contributed by atoms with Crippen LogP contribution in [0, 0.1) is 6.92 Å². The molecule has 0 aromatic heterocycles. The van der Waals surface area contributed by atoms with Crippen molar-refractivity contribution >= 4 is 12.7 Å². The lowest BCUT2D eigenvalue weighted by Crippen LogP contribution is -2.35. The lowest BCUT2D eigenvalue weighted by atomic mass is 10.1. The van der Waals surface area contributed by atoms with Crippen molar-refractivity contribution in [1.82, 2.24) is 14.7 Å². The molecule has 2 aromatic carbocycles. The predicted octanol–water partition coefficient (Wildman–Crippen LogP) is 4.13. The van der Waals surface area contributed by atoms with Crippen molar-refractivity contribution < 1.29 is 18.4 Å². The van der Waals surface area contributed by atoms with Crippen molar-refractivity contribution in [3.63, 3.8) is 0 Å². The summed E-state index contributed by atoms with van der Waals surface area (Å²) >= 11 is 0. The normalized spacial score (nSPS) is 12.1. The van der Waals surface area contributed by atoms with Gasteiger partial charge in [0.25, 0.3) is 5.92 Å². The molecule has 0 saturated carbocycles. The third kappa shape index (κ3) is 6.38. The molecule has 0 spiro atoms. The van der Waals surface area contributed by atoms with Crippen LogP contribution in [-0.4, -0.2) is 48.5 Å². The van der Waals surface area contributed by atoms with Crippen molar-refractivity contribution in [3.8, 4) is 0 Å². The third-order valence-electron chi connectivity index (χ3n) is 5.00. The van der Waals surface area contributed by atoms with E-state index in [-0.39, 0.29) is 12.1 Å². The fourth-order valence-electron chi connectivity index (χ4n) is 3.35. The number of aldehydes is 1. The summed E-state index contributed by atoms with van der Waals surface area (Å²) in [5.74, 6) is -2.57. The molecule has 0 unspecified atom stereocenters. The Morgan fingerprint density at radius 1 is 0.935 bits per heavy atom. The number of hydrogen-bond acceptors (Lipinski definition) is 4. The van der Waals surface area contributed by atoms with E-state index >= 15 is 0 Å². The van der Waals surface area contributed by atoms with Crippen LogP contribution in [-0.2, 0) is 28.6 Å². The van der Waals surface area contributed by atoms with Crippen LogP contribution in [0.4, 0.5) is 8.78 Å². The molecule has 31 heavy (non-hydrogen) atoms. The molecule has 1 amide bonds. The molecule has 0 N–H and O–H groups in total. The van der Waals surface area contributed by atoms with E-state index in [1.807, 2.05) is 31.2 Å². The molecule has 0 radical (unpaired) electrons. The number of allylic oxidation sites excluding steroid dienone is 1. The molecule has 0 bridgehead atoms. The largest absolute Gasteiger partial charge is 0.365 e. The van der Waals surface area contributed by atoms with Gasteiger partial charge in [-0.1, -0.05) is 48.0 Å². The lowest BCUT2D eigenvalue weighted by Gasteiger charge is -2.32. The minimum Gasteiger partial charge on any atom is -0.365 e. The highest BCUT2D eigenvalue weighted by Crippen LogP contribution is 2.28. The summed E-state index contributed by atoms with van der Waals surface area (Å²) in [7, 11) is 5.04. The number of amides is 1. The summed E-state index contributed by atoms with van der Waals surface area (Å²) in [5.41, 5.74) is 3.03. The second kappa shape index (κ2) is 10.2. The standard InChI is InChI=1S/C24H29F2N3O2/c1-18-9-11-19(12-10-18)14-27(3)22(16-30)23(29(5)17-31)28(4)15-20-7-6-8-21(13-20)24(2,25)26/h6-13,16-17H,14-15H2,1-5H3/b23-22+. The third-order valence-corrected chi connectivity index (χ3v) is 5.00. The molecule has 0 saturated heterocycles. The zero-order valence-corrected chi connectivity index (χ0v) is 18.6. The van der Waals surface area contributed by atoms with Gasteiger partial charge >= 0.3 is 0 Å². The van der Waals surface area contributed by atoms with Crippen molar-refractivity contribution in [2.45, 2.75) is 32.9 Å². The molecular weight excluding hydrogens is 400 g/mol. The molecule has 0 heterocycles. The van der Waals surface area contributed by atoms with Gasteiger partial charge in [-0.25, -0.2) is 8.78 Å². The first-order valence-electron chi connectivity index (χ1n) is 9.89. The van der Waals surface area contributed by atoms with E-state index in [0.29, 0.717) is 36.3 Å². The van der Waals surface area contributed by atoms with E-state index < -0.39 is 5.92 Å². The van der Waals surface area contributed by atoms with Gasteiger partial charge in [0.1, 0.15) is 11.5 Å². The van der Waals surface area contributed by atoms with E-state index in [4.69, 9.17) is 0 Å². The molecule has 0 aliphatic rings. The van der Waals surface area contributed by atoms with Crippen LogP contribution >= 0.6 is 0 Å². The lowest BCUT2D eigenvalue weighted by molar-refractivity contribution is -0.116. The summed E-state index contributed by atoms with van der Waals surface area (Å²) in [5, 5.41) is 0. The monoisotopic (exact) mass is 429 g/mol. The number of rotatable bonds is 10. The topological polar surface area (TPSA) is 43.9 Å². The Morgan fingerprint density at radius 2 is 1.55 bits per heavy atom. The predicted molar refractivity (Wildman–Crippen MR) is 117 cm³/mol. The van der Waals surface area contributed by atoms with E-state index in [0.717, 1.165) is 18.1 Å². The quantitative estimate of drug-likeness (QED) is 0.421. The Labute approximate surface area is 182 Å². The molecule has 0 atom stereocenters. The minimum absolute atomic E-state index is 0.0835. The SMILES string of the molecule is Cc1ccc(CN(C)/C(C=O)=C(/N(C)C=O)N(C)Cc2cccc(C(C)(F)F)c2)cc1. The van der Waals surface area contributed by atoms with E-state index in [1.165, 1.54) is 17.0 Å². The number of likely N-dealkylation sites (N-methyl/N-ethyl adjacent to an activating group) is 1. The summed E-state index contributed by atoms with van der Waals surface area (Å²) in [6, 6.07) is 14.1. The molecule has 0 fully saturated rings. The van der Waals surface area contributed by atoms with E-state index in [9.17, 15) is 18.4 Å². The van der Waals surface area contributed by atoms with Gasteiger partial charge in [0.2, 0.25) is 6.41 Å². The maximum Gasteiger partial charge on any atom is 0.270 e. The molecule has 5 nitrogen and oxygen atoms in total. The van der Waals surface area contributed by atoms with Crippen molar-refractivity contribution in [2.24, 2.45) is 0 Å². The van der Waals surface area contributed by atoms with E-state index in [2.05, 4.69) is 0 Å². The highest BCUT2D eigenvalue weighted by molar-refractivity contribution is 5.74. The number of nitrogens with zero attached hydrogens (tertiary/aromatic N) is 3. The number of carbonyl (C=O) groups is 2. The van der Waals surface area contributed by atoms with Crippen LogP contribution < -0.4 is 0 Å². The second-order valence-electron chi connectivity index (χ2n) is 7.83. The first-order valence-corrected chi connectivity index (χ1v) is 9.89. The first-order chi connectivity index (χ1) is 14.6. The smallest absolute Gasteiger partial charge is 0.270 e. The van der Waals surface area contributed by atoms with Crippen LogP contribution in [0.25, 0.3) is 0 Å². The molecule has 2 aromatic rings. The van der Waals surface area contributed by atoms with Crippen LogP contribution in [0.2, 0.25) is 0 Å². The first kappa shape index (κ1) is 24.1. The number of carbonyl (C=O) groups excluding carboxylic acids is 2. The van der Waals surface area contributed by atoms with Gasteiger partial charge in [-0.05, 0) is 24.1 Å². The van der Waals surface area contributed by atoms with Gasteiger partial charge in [-0.2, -0.15) is 0 Å². The molecule has 166 valence electrons. The van der Waals surface area contributed by atoms with Crippen LogP contribution in [0.15, 0.2) is 60.0 Å². The Morgan fingerprint density at radius 3 is 2.10 bits per heavy atom. The number of alkyl halides is 2. The Balaban J connectivity index is 2.36. The average Bonchev–Trinajstić information content (AvgIpc) is 2.72. The number of hydrogen-bond donors (Lipinski definition) is 0. The van der Waals surface area contributed by atoms with Gasteiger partial charge in [0.05, 0.1) is 0 Å². The molecule has 0 aliphatic carbocycles. The van der Waals surface area contributed by atoms with Gasteiger partial charge in [0.15, 0.2) is 6.29 Å². The van der Waals surface area contributed by atoms with Crippen LogP contribution in [0.3, 0.4) is 0 Å². The zero-order chi connectivity index (χ0) is 23.2. The minimum atomic E-state index is -2.95. The van der Waals surface area contributed by atoms with Gasteiger partial charge in [-0.15, -0.1) is 0 Å². The summed E-state index contributed by atoms with van der Waals surface area (Å²) in [6.45, 7) is 3.56. The molecule has 7 heteroatoms. The Hall–Kier alpha value is -3.22. The highest BCUT2D eigenvalue weighted by atomic mass is 19.3. The van der Waals surface area contributed by atoms with Crippen molar-refractivity contribution in [2.75, 3.05) is 21.1 Å². The zero-order valence-electron chi connectivity index (χ0n) is 18.6. The fraction of sp³-hybridized carbons (Fsp3) is 0.333. The number of halogens is 2. The molecule has 2 rings (SSSR count). The van der Waals surface area contributed by atoms with Gasteiger partial charge in [-0.3, -0.25) is 9.59 Å². The maximum absolute atomic E-state index is 13.7. The van der Waals surface area contributed by atoms with Crippen LogP contribution in [0.1, 0.15) is 29.2 Å². The maximum atomic E-state index is 13.7. The van der Waals surface area contributed by atoms with Crippen LogP contribution in [0.5, 0.6) is 0 Å². The Bertz CT molecular complexity index is 937. The number of benzene rings is 2. The van der Waals surface area contributed by atoms with Gasteiger partial charge < -0.3 is 14.7 Å². The Kier molecular flexibility index (Phi) is 7.91.